The minimum Gasteiger partial charge on any atom is -0.493 e. The summed E-state index contributed by atoms with van der Waals surface area (Å²) in [6.07, 6.45) is 2.40. The van der Waals surface area contributed by atoms with E-state index in [1.807, 2.05) is 12.1 Å². The fourth-order valence-electron chi connectivity index (χ4n) is 2.91. The second-order valence-electron chi connectivity index (χ2n) is 5.86. The smallest absolute Gasteiger partial charge is 0.262 e. The van der Waals surface area contributed by atoms with Crippen molar-refractivity contribution < 1.29 is 17.9 Å². The average molecular weight is 362 g/mol. The van der Waals surface area contributed by atoms with Crippen LogP contribution in [-0.2, 0) is 10.0 Å². The van der Waals surface area contributed by atoms with Crippen molar-refractivity contribution in [2.45, 2.75) is 17.7 Å². The molecule has 7 heteroatoms. The molecule has 1 aliphatic rings. The quantitative estimate of drug-likeness (QED) is 0.855. The van der Waals surface area contributed by atoms with Crippen LogP contribution in [0, 0.1) is 0 Å². The number of nitrogens with zero attached hydrogens (tertiary/aromatic N) is 1. The Balaban J connectivity index is 1.79. The number of nitrogens with one attached hydrogen (secondary N) is 1. The van der Waals surface area contributed by atoms with E-state index in [0.29, 0.717) is 17.2 Å². The van der Waals surface area contributed by atoms with Crippen LogP contribution in [0.2, 0.25) is 0 Å². The monoisotopic (exact) mass is 362 g/mol. The Bertz CT molecular complexity index is 829. The standard InChI is InChI=1S/C18H22N2O4S/c1-23-17-10-9-16(13-18(17)24-2)25(21,22)19-14-5-7-15(8-6-14)20-11-3-4-12-20/h5-10,13,19H,3-4,11-12H2,1-2H3. The number of hydrogen-bond donors (Lipinski definition) is 1. The largest absolute Gasteiger partial charge is 0.493 e. The van der Waals surface area contributed by atoms with Crippen molar-refractivity contribution in [3.63, 3.8) is 0 Å². The molecule has 0 amide bonds. The molecule has 1 fully saturated rings. The first-order valence-corrected chi connectivity index (χ1v) is 9.61. The zero-order valence-electron chi connectivity index (χ0n) is 14.4. The first-order valence-electron chi connectivity index (χ1n) is 8.13. The first kappa shape index (κ1) is 17.4. The van der Waals surface area contributed by atoms with E-state index in [2.05, 4.69) is 9.62 Å². The Kier molecular flexibility index (Phi) is 5.03. The topological polar surface area (TPSA) is 67.9 Å². The van der Waals surface area contributed by atoms with Gasteiger partial charge in [-0.05, 0) is 49.2 Å². The molecule has 0 unspecified atom stereocenters. The maximum atomic E-state index is 12.6. The first-order chi connectivity index (χ1) is 12.0. The van der Waals surface area contributed by atoms with Gasteiger partial charge in [-0.3, -0.25) is 4.72 Å². The molecule has 2 aromatic carbocycles. The molecule has 1 aliphatic heterocycles. The second kappa shape index (κ2) is 7.23. The summed E-state index contributed by atoms with van der Waals surface area (Å²) >= 11 is 0. The lowest BCUT2D eigenvalue weighted by molar-refractivity contribution is 0.354. The molecule has 1 N–H and O–H groups in total. The van der Waals surface area contributed by atoms with Crippen LogP contribution >= 0.6 is 0 Å². The van der Waals surface area contributed by atoms with E-state index >= 15 is 0 Å². The summed E-state index contributed by atoms with van der Waals surface area (Å²) in [5.41, 5.74) is 1.64. The number of rotatable bonds is 6. The molecule has 25 heavy (non-hydrogen) atoms. The second-order valence-corrected chi connectivity index (χ2v) is 7.55. The van der Waals surface area contributed by atoms with Crippen molar-refractivity contribution in [3.8, 4) is 11.5 Å². The molecule has 6 nitrogen and oxygen atoms in total. The van der Waals surface area contributed by atoms with E-state index in [9.17, 15) is 8.42 Å². The van der Waals surface area contributed by atoms with Crippen LogP contribution in [0.4, 0.5) is 11.4 Å². The summed E-state index contributed by atoms with van der Waals surface area (Å²) in [6, 6.07) is 12.0. The highest BCUT2D eigenvalue weighted by Gasteiger charge is 2.18. The molecule has 134 valence electrons. The molecule has 0 aliphatic carbocycles. The van der Waals surface area contributed by atoms with Gasteiger partial charge in [0.2, 0.25) is 0 Å². The summed E-state index contributed by atoms with van der Waals surface area (Å²) in [5, 5.41) is 0. The molecule has 0 saturated carbocycles. The van der Waals surface area contributed by atoms with Gasteiger partial charge in [0.25, 0.3) is 10.0 Å². The maximum Gasteiger partial charge on any atom is 0.262 e. The minimum atomic E-state index is -3.70. The van der Waals surface area contributed by atoms with Crippen molar-refractivity contribution in [3.05, 3.63) is 42.5 Å². The van der Waals surface area contributed by atoms with E-state index < -0.39 is 10.0 Å². The minimum absolute atomic E-state index is 0.119. The van der Waals surface area contributed by atoms with Crippen LogP contribution < -0.4 is 19.1 Å². The Hall–Kier alpha value is -2.41. The van der Waals surface area contributed by atoms with Crippen LogP contribution in [0.25, 0.3) is 0 Å². The third-order valence-corrected chi connectivity index (χ3v) is 5.64. The Morgan fingerprint density at radius 1 is 0.920 bits per heavy atom. The summed E-state index contributed by atoms with van der Waals surface area (Å²) in [7, 11) is -0.725. The zero-order valence-corrected chi connectivity index (χ0v) is 15.2. The lowest BCUT2D eigenvalue weighted by Crippen LogP contribution is -2.17. The molecule has 0 radical (unpaired) electrons. The van der Waals surface area contributed by atoms with Gasteiger partial charge in [0, 0.05) is 30.5 Å². The molecular formula is C18H22N2O4S. The van der Waals surface area contributed by atoms with Crippen molar-refractivity contribution in [2.24, 2.45) is 0 Å². The number of benzene rings is 2. The maximum absolute atomic E-state index is 12.6. The molecule has 1 heterocycles. The number of ether oxygens (including phenoxy) is 2. The average Bonchev–Trinajstić information content (AvgIpc) is 3.16. The van der Waals surface area contributed by atoms with Gasteiger partial charge in [0.05, 0.1) is 19.1 Å². The molecule has 3 rings (SSSR count). The van der Waals surface area contributed by atoms with Gasteiger partial charge in [0.15, 0.2) is 11.5 Å². The van der Waals surface area contributed by atoms with Crippen LogP contribution in [0.1, 0.15) is 12.8 Å². The fourth-order valence-corrected chi connectivity index (χ4v) is 3.99. The highest BCUT2D eigenvalue weighted by atomic mass is 32.2. The van der Waals surface area contributed by atoms with Crippen LogP contribution in [0.3, 0.4) is 0 Å². The van der Waals surface area contributed by atoms with Crippen molar-refractivity contribution in [2.75, 3.05) is 36.9 Å². The normalized spacial score (nSPS) is 14.4. The van der Waals surface area contributed by atoms with Crippen LogP contribution in [0.5, 0.6) is 11.5 Å². The molecule has 0 aromatic heterocycles. The molecule has 0 spiro atoms. The number of sulfonamides is 1. The van der Waals surface area contributed by atoms with Crippen LogP contribution in [0.15, 0.2) is 47.4 Å². The van der Waals surface area contributed by atoms with Gasteiger partial charge in [-0.1, -0.05) is 0 Å². The summed E-state index contributed by atoms with van der Waals surface area (Å²) in [4.78, 5) is 2.42. The predicted octanol–water partition coefficient (Wildman–Crippen LogP) is 3.10. The summed E-state index contributed by atoms with van der Waals surface area (Å²) < 4.78 is 38.1. The lowest BCUT2D eigenvalue weighted by Gasteiger charge is -2.18. The summed E-state index contributed by atoms with van der Waals surface area (Å²) in [5.74, 6) is 0.853. The zero-order chi connectivity index (χ0) is 17.9. The van der Waals surface area contributed by atoms with Gasteiger partial charge < -0.3 is 14.4 Å². The SMILES string of the molecule is COc1ccc(S(=O)(=O)Nc2ccc(N3CCCC3)cc2)cc1OC. The van der Waals surface area contributed by atoms with Gasteiger partial charge in [-0.25, -0.2) is 8.42 Å². The molecule has 2 aromatic rings. The van der Waals surface area contributed by atoms with E-state index in [-0.39, 0.29) is 4.90 Å². The van der Waals surface area contributed by atoms with E-state index in [0.717, 1.165) is 18.8 Å². The molecule has 0 bridgehead atoms. The summed E-state index contributed by atoms with van der Waals surface area (Å²) in [6.45, 7) is 2.10. The van der Waals surface area contributed by atoms with Gasteiger partial charge in [0.1, 0.15) is 0 Å². The van der Waals surface area contributed by atoms with E-state index in [1.54, 1.807) is 18.2 Å². The third-order valence-electron chi connectivity index (χ3n) is 4.26. The van der Waals surface area contributed by atoms with Gasteiger partial charge >= 0.3 is 0 Å². The fraction of sp³-hybridized carbons (Fsp3) is 0.333. The Labute approximate surface area is 148 Å². The molecular weight excluding hydrogens is 340 g/mol. The predicted molar refractivity (Wildman–Crippen MR) is 98.2 cm³/mol. The van der Waals surface area contributed by atoms with E-state index in [4.69, 9.17) is 9.47 Å². The number of anilines is 2. The lowest BCUT2D eigenvalue weighted by atomic mass is 10.2. The molecule has 1 saturated heterocycles. The highest BCUT2D eigenvalue weighted by Crippen LogP contribution is 2.30. The molecule has 0 atom stereocenters. The van der Waals surface area contributed by atoms with Crippen molar-refractivity contribution in [1.29, 1.82) is 0 Å². The Morgan fingerprint density at radius 2 is 1.56 bits per heavy atom. The van der Waals surface area contributed by atoms with Gasteiger partial charge in [-0.2, -0.15) is 0 Å². The Morgan fingerprint density at radius 3 is 2.16 bits per heavy atom. The van der Waals surface area contributed by atoms with Crippen LogP contribution in [-0.4, -0.2) is 35.7 Å². The van der Waals surface area contributed by atoms with Gasteiger partial charge in [-0.15, -0.1) is 0 Å². The van der Waals surface area contributed by atoms with Crippen molar-refractivity contribution >= 4 is 21.4 Å². The highest BCUT2D eigenvalue weighted by molar-refractivity contribution is 7.92. The number of methoxy groups -OCH3 is 2. The number of hydrogen-bond acceptors (Lipinski definition) is 5. The van der Waals surface area contributed by atoms with E-state index in [1.165, 1.54) is 39.2 Å². The third kappa shape index (κ3) is 3.82. The van der Waals surface area contributed by atoms with Crippen molar-refractivity contribution in [1.82, 2.24) is 0 Å².